The van der Waals surface area contributed by atoms with Crippen molar-refractivity contribution in [2.45, 2.75) is 51.5 Å². The van der Waals surface area contributed by atoms with Crippen molar-refractivity contribution in [2.24, 2.45) is 11.7 Å². The average Bonchev–Trinajstić information content (AvgIpc) is 2.76. The monoisotopic (exact) mass is 246 g/mol. The normalized spacial score (nSPS) is 24.2. The lowest BCUT2D eigenvalue weighted by Gasteiger charge is -2.20. The van der Waals surface area contributed by atoms with E-state index < -0.39 is 0 Å². The van der Waals surface area contributed by atoms with Gasteiger partial charge in [0, 0.05) is 11.7 Å². The lowest BCUT2D eigenvalue weighted by molar-refractivity contribution is 0.555. The van der Waals surface area contributed by atoms with Crippen molar-refractivity contribution < 1.29 is 0 Å². The zero-order chi connectivity index (χ0) is 13.2. The summed E-state index contributed by atoms with van der Waals surface area (Å²) < 4.78 is 0. The molecule has 1 aromatic carbocycles. The Kier molecular flexibility index (Phi) is 3.96. The summed E-state index contributed by atoms with van der Waals surface area (Å²) in [6.45, 7) is 7.58. The Morgan fingerprint density at radius 2 is 1.83 bits per heavy atom. The van der Waals surface area contributed by atoms with Crippen molar-refractivity contribution in [1.29, 1.82) is 0 Å². The molecule has 100 valence electrons. The Labute approximate surface area is 111 Å². The van der Waals surface area contributed by atoms with E-state index in [0.717, 1.165) is 12.5 Å². The first-order valence-electron chi connectivity index (χ1n) is 7.06. The molecule has 0 heterocycles. The SMILES string of the molecule is CC(C)(C)c1ccc(NC2CCC(CN)C2)cc1. The predicted molar refractivity (Wildman–Crippen MR) is 78.9 cm³/mol. The largest absolute Gasteiger partial charge is 0.382 e. The fourth-order valence-corrected chi connectivity index (χ4v) is 2.72. The Hall–Kier alpha value is -1.02. The molecule has 0 radical (unpaired) electrons. The molecule has 0 aromatic heterocycles. The van der Waals surface area contributed by atoms with E-state index in [1.807, 2.05) is 0 Å². The molecule has 2 rings (SSSR count). The molecule has 2 nitrogen and oxygen atoms in total. The van der Waals surface area contributed by atoms with Gasteiger partial charge in [-0.25, -0.2) is 0 Å². The first-order chi connectivity index (χ1) is 8.49. The van der Waals surface area contributed by atoms with Crippen LogP contribution in [0.1, 0.15) is 45.6 Å². The second kappa shape index (κ2) is 5.31. The summed E-state index contributed by atoms with van der Waals surface area (Å²) in [5, 5.41) is 3.63. The minimum Gasteiger partial charge on any atom is -0.382 e. The van der Waals surface area contributed by atoms with Gasteiger partial charge in [0.25, 0.3) is 0 Å². The maximum absolute atomic E-state index is 5.73. The van der Waals surface area contributed by atoms with Crippen molar-refractivity contribution in [1.82, 2.24) is 0 Å². The van der Waals surface area contributed by atoms with Gasteiger partial charge in [-0.05, 0) is 54.8 Å². The van der Waals surface area contributed by atoms with Gasteiger partial charge in [0.15, 0.2) is 0 Å². The van der Waals surface area contributed by atoms with Crippen LogP contribution in [0.4, 0.5) is 5.69 Å². The van der Waals surface area contributed by atoms with E-state index in [2.05, 4.69) is 50.4 Å². The van der Waals surface area contributed by atoms with Gasteiger partial charge < -0.3 is 11.1 Å². The molecule has 18 heavy (non-hydrogen) atoms. The molecule has 0 bridgehead atoms. The Bertz CT molecular complexity index is 375. The van der Waals surface area contributed by atoms with Crippen molar-refractivity contribution in [3.8, 4) is 0 Å². The van der Waals surface area contributed by atoms with Gasteiger partial charge >= 0.3 is 0 Å². The second-order valence-corrected chi connectivity index (χ2v) is 6.58. The van der Waals surface area contributed by atoms with E-state index in [1.54, 1.807) is 0 Å². The number of anilines is 1. The molecule has 2 heteroatoms. The molecule has 1 aliphatic rings. The zero-order valence-electron chi connectivity index (χ0n) is 11.9. The second-order valence-electron chi connectivity index (χ2n) is 6.58. The van der Waals surface area contributed by atoms with E-state index >= 15 is 0 Å². The van der Waals surface area contributed by atoms with Gasteiger partial charge in [0.2, 0.25) is 0 Å². The van der Waals surface area contributed by atoms with Gasteiger partial charge in [0.1, 0.15) is 0 Å². The highest BCUT2D eigenvalue weighted by Crippen LogP contribution is 2.28. The van der Waals surface area contributed by atoms with Crippen LogP contribution in [-0.4, -0.2) is 12.6 Å². The molecule has 0 aliphatic heterocycles. The predicted octanol–water partition coefficient (Wildman–Crippen LogP) is 3.52. The summed E-state index contributed by atoms with van der Waals surface area (Å²) in [5.41, 5.74) is 8.59. The van der Waals surface area contributed by atoms with E-state index in [9.17, 15) is 0 Å². The van der Waals surface area contributed by atoms with Gasteiger partial charge in [-0.15, -0.1) is 0 Å². The first kappa shape index (κ1) is 13.4. The van der Waals surface area contributed by atoms with Gasteiger partial charge in [0.05, 0.1) is 0 Å². The van der Waals surface area contributed by atoms with Crippen LogP contribution >= 0.6 is 0 Å². The van der Waals surface area contributed by atoms with E-state index in [0.29, 0.717) is 6.04 Å². The number of hydrogen-bond acceptors (Lipinski definition) is 2. The van der Waals surface area contributed by atoms with Crippen LogP contribution in [0.5, 0.6) is 0 Å². The fraction of sp³-hybridized carbons (Fsp3) is 0.625. The Morgan fingerprint density at radius 3 is 2.33 bits per heavy atom. The highest BCUT2D eigenvalue weighted by atomic mass is 14.9. The molecule has 1 fully saturated rings. The first-order valence-corrected chi connectivity index (χ1v) is 7.06. The third-order valence-electron chi connectivity index (χ3n) is 4.00. The molecule has 0 amide bonds. The number of nitrogens with one attached hydrogen (secondary N) is 1. The smallest absolute Gasteiger partial charge is 0.0342 e. The topological polar surface area (TPSA) is 38.0 Å². The summed E-state index contributed by atoms with van der Waals surface area (Å²) in [7, 11) is 0. The molecular formula is C16H26N2. The van der Waals surface area contributed by atoms with Crippen LogP contribution in [0.15, 0.2) is 24.3 Å². The van der Waals surface area contributed by atoms with E-state index in [-0.39, 0.29) is 5.41 Å². The maximum atomic E-state index is 5.73. The third-order valence-corrected chi connectivity index (χ3v) is 4.00. The minimum absolute atomic E-state index is 0.233. The molecule has 1 aromatic rings. The molecule has 3 N–H and O–H groups in total. The molecule has 0 spiro atoms. The van der Waals surface area contributed by atoms with Gasteiger partial charge in [-0.2, -0.15) is 0 Å². The molecule has 0 saturated heterocycles. The number of hydrogen-bond donors (Lipinski definition) is 2. The van der Waals surface area contributed by atoms with Crippen molar-refractivity contribution in [3.05, 3.63) is 29.8 Å². The highest BCUT2D eigenvalue weighted by Gasteiger charge is 2.23. The number of nitrogens with two attached hydrogens (primary N) is 1. The summed E-state index contributed by atoms with van der Waals surface area (Å²) in [6.07, 6.45) is 3.74. The lowest BCUT2D eigenvalue weighted by atomic mass is 9.87. The van der Waals surface area contributed by atoms with Crippen LogP contribution in [0, 0.1) is 5.92 Å². The van der Waals surface area contributed by atoms with E-state index in [4.69, 9.17) is 5.73 Å². The minimum atomic E-state index is 0.233. The summed E-state index contributed by atoms with van der Waals surface area (Å²) in [6, 6.07) is 9.49. The maximum Gasteiger partial charge on any atom is 0.0342 e. The van der Waals surface area contributed by atoms with Crippen LogP contribution in [0.3, 0.4) is 0 Å². The summed E-state index contributed by atoms with van der Waals surface area (Å²) >= 11 is 0. The van der Waals surface area contributed by atoms with E-state index in [1.165, 1.54) is 30.5 Å². The number of benzene rings is 1. The molecule has 2 atom stereocenters. The highest BCUT2D eigenvalue weighted by molar-refractivity contribution is 5.46. The van der Waals surface area contributed by atoms with Gasteiger partial charge in [-0.3, -0.25) is 0 Å². The fourth-order valence-electron chi connectivity index (χ4n) is 2.72. The van der Waals surface area contributed by atoms with Crippen LogP contribution in [-0.2, 0) is 5.41 Å². The van der Waals surface area contributed by atoms with Crippen LogP contribution < -0.4 is 11.1 Å². The molecule has 2 unspecified atom stereocenters. The average molecular weight is 246 g/mol. The molecule has 1 saturated carbocycles. The molecule has 1 aliphatic carbocycles. The molecular weight excluding hydrogens is 220 g/mol. The van der Waals surface area contributed by atoms with Crippen LogP contribution in [0.25, 0.3) is 0 Å². The standard InChI is InChI=1S/C16H26N2/c1-16(2,3)13-5-8-14(9-6-13)18-15-7-4-12(10-15)11-17/h5-6,8-9,12,15,18H,4,7,10-11,17H2,1-3H3. The summed E-state index contributed by atoms with van der Waals surface area (Å²) in [4.78, 5) is 0. The van der Waals surface area contributed by atoms with Crippen molar-refractivity contribution >= 4 is 5.69 Å². The van der Waals surface area contributed by atoms with Crippen molar-refractivity contribution in [2.75, 3.05) is 11.9 Å². The zero-order valence-corrected chi connectivity index (χ0v) is 11.9. The number of rotatable bonds is 3. The Morgan fingerprint density at radius 1 is 1.17 bits per heavy atom. The quantitative estimate of drug-likeness (QED) is 0.856. The Balaban J connectivity index is 1.95. The van der Waals surface area contributed by atoms with Crippen LogP contribution in [0.2, 0.25) is 0 Å². The third kappa shape index (κ3) is 3.26. The van der Waals surface area contributed by atoms with Crippen molar-refractivity contribution in [3.63, 3.8) is 0 Å². The lowest BCUT2D eigenvalue weighted by Crippen LogP contribution is -2.18. The summed E-state index contributed by atoms with van der Waals surface area (Å²) in [5.74, 6) is 0.719. The van der Waals surface area contributed by atoms with Gasteiger partial charge in [-0.1, -0.05) is 32.9 Å².